The highest BCUT2D eigenvalue weighted by atomic mass is 32.2. The van der Waals surface area contributed by atoms with E-state index in [-0.39, 0.29) is 11.7 Å². The van der Waals surface area contributed by atoms with Crippen LogP contribution in [0.4, 0.5) is 0 Å². The third-order valence-corrected chi connectivity index (χ3v) is 5.96. The average molecular weight is 460 g/mol. The number of hydrogen-bond acceptors (Lipinski definition) is 6. The van der Waals surface area contributed by atoms with Crippen LogP contribution in [0.25, 0.3) is 17.1 Å². The Morgan fingerprint density at radius 1 is 1.06 bits per heavy atom. The van der Waals surface area contributed by atoms with Crippen LogP contribution in [-0.4, -0.2) is 38.0 Å². The molecule has 0 saturated carbocycles. The van der Waals surface area contributed by atoms with Crippen molar-refractivity contribution in [1.82, 2.24) is 25.1 Å². The number of thioether (sulfide) groups is 1. The molecular formula is C25H25N5O2S. The normalized spacial score (nSPS) is 10.7. The fourth-order valence-corrected chi connectivity index (χ4v) is 4.10. The Morgan fingerprint density at radius 3 is 2.61 bits per heavy atom. The van der Waals surface area contributed by atoms with Crippen molar-refractivity contribution in [3.8, 4) is 22.8 Å². The molecule has 0 aliphatic carbocycles. The summed E-state index contributed by atoms with van der Waals surface area (Å²) in [5.74, 6) is 1.62. The number of benzene rings is 2. The Balaban J connectivity index is 1.53. The van der Waals surface area contributed by atoms with Crippen LogP contribution in [0, 0.1) is 6.92 Å². The van der Waals surface area contributed by atoms with E-state index in [1.807, 2.05) is 79.1 Å². The quantitative estimate of drug-likeness (QED) is 0.373. The zero-order chi connectivity index (χ0) is 23.0. The zero-order valence-electron chi connectivity index (χ0n) is 18.6. The predicted octanol–water partition coefficient (Wildman–Crippen LogP) is 4.44. The van der Waals surface area contributed by atoms with Crippen molar-refractivity contribution in [3.05, 3.63) is 84.2 Å². The number of hydrogen-bond donors (Lipinski definition) is 1. The number of nitrogens with zero attached hydrogens (tertiary/aromatic N) is 4. The maximum atomic E-state index is 12.5. The van der Waals surface area contributed by atoms with Gasteiger partial charge >= 0.3 is 0 Å². The van der Waals surface area contributed by atoms with Crippen molar-refractivity contribution < 1.29 is 9.53 Å². The number of carbonyl (C=O) groups is 1. The Bertz CT molecular complexity index is 1210. The average Bonchev–Trinajstić information content (AvgIpc) is 3.27. The van der Waals surface area contributed by atoms with Crippen LogP contribution in [0.1, 0.15) is 18.1 Å². The molecule has 1 N–H and O–H groups in total. The largest absolute Gasteiger partial charge is 0.494 e. The lowest BCUT2D eigenvalue weighted by atomic mass is 10.1. The first-order valence-electron chi connectivity index (χ1n) is 10.7. The van der Waals surface area contributed by atoms with Gasteiger partial charge in [-0.05, 0) is 61.4 Å². The lowest BCUT2D eigenvalue weighted by molar-refractivity contribution is -0.118. The molecule has 0 radical (unpaired) electrons. The van der Waals surface area contributed by atoms with Crippen molar-refractivity contribution in [2.45, 2.75) is 25.5 Å². The summed E-state index contributed by atoms with van der Waals surface area (Å²) >= 11 is 1.34. The van der Waals surface area contributed by atoms with Gasteiger partial charge in [-0.25, -0.2) is 0 Å². The van der Waals surface area contributed by atoms with Crippen LogP contribution in [0.15, 0.2) is 78.2 Å². The number of aryl methyl sites for hydroxylation is 1. The number of aromatic nitrogens is 4. The minimum atomic E-state index is -0.0626. The third kappa shape index (κ3) is 5.59. The SMILES string of the molecule is CCOc1ccc(-n2c(SCC(=O)NCc3ccccc3C)nnc2-c2cccnc2)cc1. The van der Waals surface area contributed by atoms with Crippen LogP contribution in [0.2, 0.25) is 0 Å². The first kappa shape index (κ1) is 22.5. The summed E-state index contributed by atoms with van der Waals surface area (Å²) in [5.41, 5.74) is 3.98. The van der Waals surface area contributed by atoms with E-state index in [0.717, 1.165) is 28.1 Å². The topological polar surface area (TPSA) is 81.9 Å². The maximum Gasteiger partial charge on any atom is 0.230 e. The van der Waals surface area contributed by atoms with Crippen LogP contribution in [-0.2, 0) is 11.3 Å². The van der Waals surface area contributed by atoms with Crippen LogP contribution < -0.4 is 10.1 Å². The number of carbonyl (C=O) groups excluding carboxylic acids is 1. The van der Waals surface area contributed by atoms with Crippen molar-refractivity contribution >= 4 is 17.7 Å². The summed E-state index contributed by atoms with van der Waals surface area (Å²) in [6.45, 7) is 5.09. The summed E-state index contributed by atoms with van der Waals surface area (Å²) in [7, 11) is 0. The van der Waals surface area contributed by atoms with Gasteiger partial charge in [0, 0.05) is 30.2 Å². The molecule has 0 spiro atoms. The highest BCUT2D eigenvalue weighted by Crippen LogP contribution is 2.28. The summed E-state index contributed by atoms with van der Waals surface area (Å²) in [6.07, 6.45) is 3.47. The second kappa shape index (κ2) is 10.8. The van der Waals surface area contributed by atoms with E-state index >= 15 is 0 Å². The van der Waals surface area contributed by atoms with Gasteiger partial charge in [0.15, 0.2) is 11.0 Å². The van der Waals surface area contributed by atoms with E-state index in [1.54, 1.807) is 12.4 Å². The smallest absolute Gasteiger partial charge is 0.230 e. The monoisotopic (exact) mass is 459 g/mol. The lowest BCUT2D eigenvalue weighted by Crippen LogP contribution is -2.25. The number of nitrogens with one attached hydrogen (secondary N) is 1. The molecule has 0 aliphatic heterocycles. The predicted molar refractivity (Wildman–Crippen MR) is 130 cm³/mol. The minimum Gasteiger partial charge on any atom is -0.494 e. The number of rotatable bonds is 9. The molecule has 2 heterocycles. The second-order valence-corrected chi connectivity index (χ2v) is 8.24. The van der Waals surface area contributed by atoms with Gasteiger partial charge in [-0.3, -0.25) is 14.3 Å². The molecule has 7 nitrogen and oxygen atoms in total. The summed E-state index contributed by atoms with van der Waals surface area (Å²) < 4.78 is 7.50. The van der Waals surface area contributed by atoms with Crippen LogP contribution in [0.5, 0.6) is 5.75 Å². The molecule has 0 aliphatic rings. The Kier molecular flexibility index (Phi) is 7.36. The lowest BCUT2D eigenvalue weighted by Gasteiger charge is -2.12. The highest BCUT2D eigenvalue weighted by molar-refractivity contribution is 7.99. The Hall–Kier alpha value is -3.65. The van der Waals surface area contributed by atoms with E-state index in [9.17, 15) is 4.79 Å². The molecule has 0 saturated heterocycles. The molecule has 4 aromatic rings. The third-order valence-electron chi connectivity index (χ3n) is 5.03. The number of amides is 1. The van der Waals surface area contributed by atoms with Gasteiger partial charge in [0.25, 0.3) is 0 Å². The molecule has 2 aromatic heterocycles. The Labute approximate surface area is 197 Å². The van der Waals surface area contributed by atoms with E-state index in [4.69, 9.17) is 4.74 Å². The number of pyridine rings is 1. The first-order valence-corrected chi connectivity index (χ1v) is 11.7. The Morgan fingerprint density at radius 2 is 1.88 bits per heavy atom. The fraction of sp³-hybridized carbons (Fsp3) is 0.200. The van der Waals surface area contributed by atoms with Crippen molar-refractivity contribution in [1.29, 1.82) is 0 Å². The van der Waals surface area contributed by atoms with Gasteiger partial charge in [-0.1, -0.05) is 36.0 Å². The minimum absolute atomic E-state index is 0.0626. The zero-order valence-corrected chi connectivity index (χ0v) is 19.4. The van der Waals surface area contributed by atoms with Gasteiger partial charge in [0.05, 0.1) is 12.4 Å². The molecule has 0 unspecified atom stereocenters. The summed E-state index contributed by atoms with van der Waals surface area (Å²) in [5, 5.41) is 12.4. The highest BCUT2D eigenvalue weighted by Gasteiger charge is 2.17. The van der Waals surface area contributed by atoms with Crippen LogP contribution >= 0.6 is 11.8 Å². The van der Waals surface area contributed by atoms with Gasteiger partial charge in [0.1, 0.15) is 5.75 Å². The van der Waals surface area contributed by atoms with E-state index in [1.165, 1.54) is 11.8 Å². The molecule has 1 amide bonds. The molecule has 2 aromatic carbocycles. The van der Waals surface area contributed by atoms with Crippen molar-refractivity contribution in [2.75, 3.05) is 12.4 Å². The van der Waals surface area contributed by atoms with E-state index in [0.29, 0.717) is 24.1 Å². The molecule has 168 valence electrons. The standard InChI is InChI=1S/C25H25N5O2S/c1-3-32-22-12-10-21(11-13-22)30-24(20-9-6-14-26-15-20)28-29-25(30)33-17-23(31)27-16-19-8-5-4-7-18(19)2/h4-15H,3,16-17H2,1-2H3,(H,27,31). The molecule has 0 bridgehead atoms. The fourth-order valence-electron chi connectivity index (χ4n) is 3.32. The molecule has 8 heteroatoms. The van der Waals surface area contributed by atoms with Crippen molar-refractivity contribution in [2.24, 2.45) is 0 Å². The van der Waals surface area contributed by atoms with Gasteiger partial charge in [-0.2, -0.15) is 0 Å². The molecule has 33 heavy (non-hydrogen) atoms. The van der Waals surface area contributed by atoms with E-state index < -0.39 is 0 Å². The summed E-state index contributed by atoms with van der Waals surface area (Å²) in [6, 6.07) is 19.6. The molecule has 0 fully saturated rings. The number of ether oxygens (including phenoxy) is 1. The van der Waals surface area contributed by atoms with Crippen LogP contribution in [0.3, 0.4) is 0 Å². The molecule has 4 rings (SSSR count). The molecule has 0 atom stereocenters. The molecular weight excluding hydrogens is 434 g/mol. The van der Waals surface area contributed by atoms with Crippen molar-refractivity contribution in [3.63, 3.8) is 0 Å². The summed E-state index contributed by atoms with van der Waals surface area (Å²) in [4.78, 5) is 16.7. The van der Waals surface area contributed by atoms with Gasteiger partial charge in [-0.15, -0.1) is 10.2 Å². The maximum absolute atomic E-state index is 12.5. The first-order chi connectivity index (χ1) is 16.2. The second-order valence-electron chi connectivity index (χ2n) is 7.30. The van der Waals surface area contributed by atoms with Gasteiger partial charge in [0.2, 0.25) is 5.91 Å². The van der Waals surface area contributed by atoms with Gasteiger partial charge < -0.3 is 10.1 Å². The van der Waals surface area contributed by atoms with E-state index in [2.05, 4.69) is 20.5 Å².